The van der Waals surface area contributed by atoms with Crippen LogP contribution < -0.4 is 10.6 Å². The lowest BCUT2D eigenvalue weighted by Gasteiger charge is -2.32. The van der Waals surface area contributed by atoms with Gasteiger partial charge in [0.2, 0.25) is 0 Å². The molecule has 2 N–H and O–H groups in total. The zero-order valence-electron chi connectivity index (χ0n) is 21.6. The van der Waals surface area contributed by atoms with Crippen LogP contribution >= 0.6 is 11.3 Å². The molecular weight excluding hydrogens is 480 g/mol. The number of anilines is 3. The molecule has 5 rings (SSSR count). The molecule has 192 valence electrons. The summed E-state index contributed by atoms with van der Waals surface area (Å²) in [6.07, 6.45) is 4.48. The van der Waals surface area contributed by atoms with Crippen molar-refractivity contribution in [3.05, 3.63) is 89.1 Å². The number of pyridine rings is 1. The Bertz CT molecular complexity index is 1270. The van der Waals surface area contributed by atoms with Crippen LogP contribution in [0, 0.1) is 6.92 Å². The van der Waals surface area contributed by atoms with Crippen molar-refractivity contribution < 1.29 is 4.79 Å². The number of aryl methyl sites for hydroxylation is 1. The van der Waals surface area contributed by atoms with Gasteiger partial charge < -0.3 is 15.5 Å². The maximum absolute atomic E-state index is 10.5. The molecule has 8 heteroatoms. The highest BCUT2D eigenvalue weighted by molar-refractivity contribution is 7.14. The predicted octanol–water partition coefficient (Wildman–Crippen LogP) is 5.55. The number of thiazole rings is 1. The Morgan fingerprint density at radius 3 is 2.51 bits per heavy atom. The molecule has 1 saturated heterocycles. The second kappa shape index (κ2) is 13.1. The van der Waals surface area contributed by atoms with Crippen molar-refractivity contribution in [2.24, 2.45) is 0 Å². The molecule has 1 aliphatic rings. The summed E-state index contributed by atoms with van der Waals surface area (Å²) in [4.78, 5) is 24.1. The lowest BCUT2D eigenvalue weighted by Crippen LogP contribution is -2.43. The third-order valence-corrected chi connectivity index (χ3v) is 7.10. The quantitative estimate of drug-likeness (QED) is 0.314. The molecule has 4 aromatic rings. The number of hydrogen-bond donors (Lipinski definition) is 2. The van der Waals surface area contributed by atoms with Crippen molar-refractivity contribution in [3.8, 4) is 11.3 Å². The first-order chi connectivity index (χ1) is 18.0. The molecule has 0 aliphatic carbocycles. The number of nitrogens with zero attached hydrogens (tertiary/aromatic N) is 4. The Morgan fingerprint density at radius 1 is 1.05 bits per heavy atom. The minimum absolute atomic E-state index is 0.752. The molecule has 37 heavy (non-hydrogen) atoms. The van der Waals surface area contributed by atoms with Crippen molar-refractivity contribution in [1.82, 2.24) is 19.8 Å². The van der Waals surface area contributed by atoms with E-state index in [-0.39, 0.29) is 0 Å². The predicted molar refractivity (Wildman–Crippen MR) is 154 cm³/mol. The third kappa shape index (κ3) is 7.69. The van der Waals surface area contributed by atoms with Crippen molar-refractivity contribution in [2.75, 3.05) is 50.9 Å². The molecule has 0 saturated carbocycles. The van der Waals surface area contributed by atoms with Gasteiger partial charge in [-0.15, -0.1) is 11.3 Å². The summed E-state index contributed by atoms with van der Waals surface area (Å²) in [6, 6.07) is 18.0. The zero-order valence-corrected chi connectivity index (χ0v) is 22.5. The fourth-order valence-electron chi connectivity index (χ4n) is 3.97. The molecule has 2 aromatic carbocycles. The molecule has 0 radical (unpaired) electrons. The van der Waals surface area contributed by atoms with Crippen LogP contribution in [0.4, 0.5) is 16.5 Å². The number of carbonyl (C=O) groups excluding carboxylic acids is 1. The van der Waals surface area contributed by atoms with Gasteiger partial charge in [-0.05, 0) is 49.4 Å². The van der Waals surface area contributed by atoms with Crippen LogP contribution in [0.25, 0.3) is 11.3 Å². The van der Waals surface area contributed by atoms with Gasteiger partial charge in [0.1, 0.15) is 6.29 Å². The number of carbonyl (C=O) groups is 1. The second-order valence-electron chi connectivity index (χ2n) is 9.12. The van der Waals surface area contributed by atoms with Crippen LogP contribution in [0.1, 0.15) is 21.5 Å². The van der Waals surface area contributed by atoms with Gasteiger partial charge in [0, 0.05) is 80.0 Å². The number of hydrogen-bond acceptors (Lipinski definition) is 8. The fourth-order valence-corrected chi connectivity index (χ4v) is 4.70. The van der Waals surface area contributed by atoms with E-state index in [1.165, 1.54) is 11.1 Å². The minimum atomic E-state index is 0.752. The van der Waals surface area contributed by atoms with E-state index in [9.17, 15) is 4.79 Å². The van der Waals surface area contributed by atoms with Gasteiger partial charge in [0.25, 0.3) is 0 Å². The zero-order chi connectivity index (χ0) is 26.0. The summed E-state index contributed by atoms with van der Waals surface area (Å²) >= 11 is 1.59. The number of aldehydes is 1. The van der Waals surface area contributed by atoms with E-state index in [2.05, 4.69) is 62.6 Å². The molecular formula is C29H34N6OS. The highest BCUT2D eigenvalue weighted by Crippen LogP contribution is 2.29. The van der Waals surface area contributed by atoms with Gasteiger partial charge in [-0.1, -0.05) is 30.3 Å². The van der Waals surface area contributed by atoms with Gasteiger partial charge in [-0.25, -0.2) is 4.98 Å². The second-order valence-corrected chi connectivity index (χ2v) is 9.98. The molecule has 0 spiro atoms. The van der Waals surface area contributed by atoms with Crippen LogP contribution in [0.5, 0.6) is 0 Å². The number of benzene rings is 2. The highest BCUT2D eigenvalue weighted by Gasteiger charge is 2.13. The number of nitrogens with one attached hydrogen (secondary N) is 2. The van der Waals surface area contributed by atoms with Crippen molar-refractivity contribution in [1.29, 1.82) is 0 Å². The molecule has 2 aromatic heterocycles. The van der Waals surface area contributed by atoms with Gasteiger partial charge in [0.15, 0.2) is 5.13 Å². The van der Waals surface area contributed by atoms with Crippen molar-refractivity contribution in [3.63, 3.8) is 0 Å². The molecule has 0 amide bonds. The van der Waals surface area contributed by atoms with Crippen molar-refractivity contribution in [2.45, 2.75) is 13.5 Å². The van der Waals surface area contributed by atoms with Gasteiger partial charge in [0.05, 0.1) is 5.69 Å². The summed E-state index contributed by atoms with van der Waals surface area (Å²) in [6.45, 7) is 7.63. The van der Waals surface area contributed by atoms with E-state index in [0.717, 1.165) is 72.3 Å². The average molecular weight is 515 g/mol. The van der Waals surface area contributed by atoms with Crippen LogP contribution in [0.2, 0.25) is 0 Å². The van der Waals surface area contributed by atoms with Crippen molar-refractivity contribution >= 4 is 34.1 Å². The standard InChI is InChI=1S/C16H16N4S.C13H18N2O/c1-11-5-6-13(17-2)8-14(11)19-16-20-15(10-21-16)12-4-3-7-18-9-12;1-14-6-8-15(9-7-14)10-12-2-4-13(11-16)5-3-12/h3-10,17H,1-2H3,(H,19,20);2-5,11H,6-10H2,1H3. The first-order valence-electron chi connectivity index (χ1n) is 12.4. The summed E-state index contributed by atoms with van der Waals surface area (Å²) in [5.41, 5.74) is 7.34. The van der Waals surface area contributed by atoms with Crippen LogP contribution in [-0.4, -0.2) is 66.3 Å². The molecule has 7 nitrogen and oxygen atoms in total. The average Bonchev–Trinajstić information content (AvgIpc) is 3.41. The number of likely N-dealkylation sites (N-methyl/N-ethyl adjacent to an activating group) is 1. The maximum atomic E-state index is 10.5. The van der Waals surface area contributed by atoms with Gasteiger partial charge >= 0.3 is 0 Å². The maximum Gasteiger partial charge on any atom is 0.187 e. The third-order valence-electron chi connectivity index (χ3n) is 6.35. The highest BCUT2D eigenvalue weighted by atomic mass is 32.1. The summed E-state index contributed by atoms with van der Waals surface area (Å²) in [7, 11) is 4.08. The monoisotopic (exact) mass is 514 g/mol. The van der Waals surface area contributed by atoms with Gasteiger partial charge in [-0.2, -0.15) is 0 Å². The molecule has 0 bridgehead atoms. The number of aromatic nitrogens is 2. The van der Waals surface area contributed by atoms with Crippen LogP contribution in [0.3, 0.4) is 0 Å². The SMILES string of the molecule is CN1CCN(Cc2ccc(C=O)cc2)CC1.CNc1ccc(C)c(Nc2nc(-c3cccnc3)cs2)c1. The van der Waals surface area contributed by atoms with E-state index in [0.29, 0.717) is 0 Å². The molecule has 0 unspecified atom stereocenters. The van der Waals surface area contributed by atoms with E-state index >= 15 is 0 Å². The minimum Gasteiger partial charge on any atom is -0.388 e. The largest absolute Gasteiger partial charge is 0.388 e. The first-order valence-corrected chi connectivity index (χ1v) is 13.3. The number of piperazine rings is 1. The Labute approximate surface area is 223 Å². The lowest BCUT2D eigenvalue weighted by atomic mass is 10.1. The summed E-state index contributed by atoms with van der Waals surface area (Å²) in [5.74, 6) is 0. The smallest absolute Gasteiger partial charge is 0.187 e. The Hall–Kier alpha value is -3.59. The molecule has 1 fully saturated rings. The van der Waals surface area contributed by atoms with E-state index in [1.807, 2.05) is 55.0 Å². The fraction of sp³-hybridized carbons (Fsp3) is 0.276. The van der Waals surface area contributed by atoms with E-state index in [4.69, 9.17) is 0 Å². The van der Waals surface area contributed by atoms with Gasteiger partial charge in [-0.3, -0.25) is 14.7 Å². The van der Waals surface area contributed by atoms with E-state index in [1.54, 1.807) is 17.5 Å². The lowest BCUT2D eigenvalue weighted by molar-refractivity contribution is 0.112. The summed E-state index contributed by atoms with van der Waals surface area (Å²) in [5, 5.41) is 9.45. The Morgan fingerprint density at radius 2 is 1.84 bits per heavy atom. The Balaban J connectivity index is 0.000000180. The number of rotatable bonds is 7. The van der Waals surface area contributed by atoms with Crippen LogP contribution in [0.15, 0.2) is 72.4 Å². The normalized spacial score (nSPS) is 13.9. The molecule has 1 aliphatic heterocycles. The topological polar surface area (TPSA) is 73.4 Å². The molecule has 0 atom stereocenters. The van der Waals surface area contributed by atoms with E-state index < -0.39 is 0 Å². The summed E-state index contributed by atoms with van der Waals surface area (Å²) < 4.78 is 0. The first kappa shape index (κ1) is 26.5. The van der Waals surface area contributed by atoms with Crippen LogP contribution in [-0.2, 0) is 6.54 Å². The Kier molecular flexibility index (Phi) is 9.37. The molecule has 3 heterocycles.